The van der Waals surface area contributed by atoms with E-state index in [0.29, 0.717) is 11.7 Å². The van der Waals surface area contributed by atoms with Crippen molar-refractivity contribution >= 4 is 5.78 Å². The van der Waals surface area contributed by atoms with Gasteiger partial charge in [-0.1, -0.05) is 26.2 Å². The molecule has 2 heteroatoms. The molecular weight excluding hydrogens is 222 g/mol. The average molecular weight is 253 g/mol. The van der Waals surface area contributed by atoms with Gasteiger partial charge in [0.15, 0.2) is 0 Å². The molecule has 0 aromatic rings. The molecule has 106 valence electrons. The zero-order chi connectivity index (χ0) is 13.6. The lowest BCUT2D eigenvalue weighted by atomic mass is 9.88. The molecule has 1 saturated heterocycles. The van der Waals surface area contributed by atoms with E-state index in [1.54, 1.807) is 0 Å². The van der Waals surface area contributed by atoms with E-state index in [1.165, 1.54) is 19.3 Å². The van der Waals surface area contributed by atoms with E-state index in [0.717, 1.165) is 38.8 Å². The van der Waals surface area contributed by atoms with E-state index < -0.39 is 0 Å². The summed E-state index contributed by atoms with van der Waals surface area (Å²) < 4.78 is 0. The zero-order valence-electron chi connectivity index (χ0n) is 12.8. The van der Waals surface area contributed by atoms with Gasteiger partial charge in [-0.25, -0.2) is 0 Å². The summed E-state index contributed by atoms with van der Waals surface area (Å²) in [5.74, 6) is 0.880. The normalized spacial score (nSPS) is 19.1. The summed E-state index contributed by atoms with van der Waals surface area (Å²) in [6.45, 7) is 11.2. The van der Waals surface area contributed by atoms with Gasteiger partial charge in [0.05, 0.1) is 0 Å². The van der Waals surface area contributed by atoms with Gasteiger partial charge in [0.25, 0.3) is 0 Å². The lowest BCUT2D eigenvalue weighted by Gasteiger charge is -2.40. The molecule has 1 aliphatic rings. The molecule has 0 radical (unpaired) electrons. The predicted octanol–water partition coefficient (Wildman–Crippen LogP) is 4.04. The Balaban J connectivity index is 2.23. The van der Waals surface area contributed by atoms with E-state index >= 15 is 0 Å². The standard InChI is InChI=1S/C16H31NO/c1-5-6-7-8-9-15(18)14-10-12-17(13-11-14)16(2,3)4/h14H,5-13H2,1-4H3. The van der Waals surface area contributed by atoms with Crippen molar-refractivity contribution in [2.24, 2.45) is 5.92 Å². The molecule has 1 fully saturated rings. The van der Waals surface area contributed by atoms with Gasteiger partial charge < -0.3 is 0 Å². The van der Waals surface area contributed by atoms with Crippen molar-refractivity contribution in [3.63, 3.8) is 0 Å². The highest BCUT2D eigenvalue weighted by molar-refractivity contribution is 5.81. The number of hydrogen-bond acceptors (Lipinski definition) is 2. The first-order chi connectivity index (χ1) is 8.45. The quantitative estimate of drug-likeness (QED) is 0.666. The van der Waals surface area contributed by atoms with E-state index in [2.05, 4.69) is 32.6 Å². The van der Waals surface area contributed by atoms with Gasteiger partial charge in [-0.2, -0.15) is 0 Å². The van der Waals surface area contributed by atoms with Crippen molar-refractivity contribution in [1.29, 1.82) is 0 Å². The molecule has 0 amide bonds. The molecule has 1 heterocycles. The van der Waals surface area contributed by atoms with Crippen molar-refractivity contribution in [2.75, 3.05) is 13.1 Å². The summed E-state index contributed by atoms with van der Waals surface area (Å²) in [5.41, 5.74) is 0.259. The number of carbonyl (C=O) groups excluding carboxylic acids is 1. The molecule has 0 spiro atoms. The molecule has 1 rings (SSSR count). The van der Waals surface area contributed by atoms with E-state index in [4.69, 9.17) is 0 Å². The van der Waals surface area contributed by atoms with Crippen LogP contribution in [0.1, 0.15) is 72.6 Å². The number of likely N-dealkylation sites (tertiary alicyclic amines) is 1. The minimum absolute atomic E-state index is 0.259. The first-order valence-corrected chi connectivity index (χ1v) is 7.73. The van der Waals surface area contributed by atoms with Crippen molar-refractivity contribution < 1.29 is 4.79 Å². The molecule has 0 aromatic carbocycles. The van der Waals surface area contributed by atoms with Crippen LogP contribution >= 0.6 is 0 Å². The van der Waals surface area contributed by atoms with Gasteiger partial charge >= 0.3 is 0 Å². The Bertz CT molecular complexity index is 246. The van der Waals surface area contributed by atoms with E-state index in [1.807, 2.05) is 0 Å². The van der Waals surface area contributed by atoms with Crippen LogP contribution < -0.4 is 0 Å². The van der Waals surface area contributed by atoms with Crippen LogP contribution in [-0.4, -0.2) is 29.3 Å². The van der Waals surface area contributed by atoms with Gasteiger partial charge in [0, 0.05) is 17.9 Å². The lowest BCUT2D eigenvalue weighted by Crippen LogP contribution is -2.47. The van der Waals surface area contributed by atoms with Gasteiger partial charge in [-0.05, 0) is 53.1 Å². The first kappa shape index (κ1) is 15.7. The maximum Gasteiger partial charge on any atom is 0.136 e. The Hall–Kier alpha value is -0.370. The largest absolute Gasteiger partial charge is 0.299 e. The van der Waals surface area contributed by atoms with Crippen LogP contribution in [0.25, 0.3) is 0 Å². The number of ketones is 1. The number of unbranched alkanes of at least 4 members (excludes halogenated alkanes) is 3. The highest BCUT2D eigenvalue weighted by atomic mass is 16.1. The van der Waals surface area contributed by atoms with Gasteiger partial charge in [0.1, 0.15) is 5.78 Å². The van der Waals surface area contributed by atoms with E-state index in [9.17, 15) is 4.79 Å². The van der Waals surface area contributed by atoms with Crippen LogP contribution in [-0.2, 0) is 4.79 Å². The second kappa shape index (κ2) is 7.28. The first-order valence-electron chi connectivity index (χ1n) is 7.73. The molecule has 0 aromatic heterocycles. The minimum atomic E-state index is 0.259. The fraction of sp³-hybridized carbons (Fsp3) is 0.938. The van der Waals surface area contributed by atoms with Crippen LogP contribution in [0, 0.1) is 5.92 Å². The molecule has 18 heavy (non-hydrogen) atoms. The molecule has 0 bridgehead atoms. The Morgan fingerprint density at radius 3 is 2.22 bits per heavy atom. The second-order valence-electron chi connectivity index (χ2n) is 6.71. The zero-order valence-corrected chi connectivity index (χ0v) is 12.8. The van der Waals surface area contributed by atoms with Gasteiger partial charge in [-0.3, -0.25) is 9.69 Å². The number of hydrogen-bond donors (Lipinski definition) is 0. The van der Waals surface area contributed by atoms with Crippen molar-refractivity contribution in [2.45, 2.75) is 78.2 Å². The Kier molecular flexibility index (Phi) is 6.34. The SMILES string of the molecule is CCCCCCC(=O)C1CCN(C(C)(C)C)CC1. The van der Waals surface area contributed by atoms with Crippen molar-refractivity contribution in [1.82, 2.24) is 4.90 Å². The van der Waals surface area contributed by atoms with Gasteiger partial charge in [-0.15, -0.1) is 0 Å². The van der Waals surface area contributed by atoms with Crippen LogP contribution in [0.2, 0.25) is 0 Å². The van der Waals surface area contributed by atoms with Crippen LogP contribution in [0.4, 0.5) is 0 Å². The summed E-state index contributed by atoms with van der Waals surface area (Å²) in [4.78, 5) is 14.6. The maximum atomic E-state index is 12.1. The summed E-state index contributed by atoms with van der Waals surface area (Å²) in [5, 5.41) is 0. The fourth-order valence-corrected chi connectivity index (χ4v) is 2.80. The van der Waals surface area contributed by atoms with Crippen LogP contribution in [0.5, 0.6) is 0 Å². The van der Waals surface area contributed by atoms with Gasteiger partial charge in [0.2, 0.25) is 0 Å². The lowest BCUT2D eigenvalue weighted by molar-refractivity contribution is -0.124. The monoisotopic (exact) mass is 253 g/mol. The third-order valence-corrected chi connectivity index (χ3v) is 4.18. The molecular formula is C16H31NO. The van der Waals surface area contributed by atoms with Crippen LogP contribution in [0.15, 0.2) is 0 Å². The average Bonchev–Trinajstić information content (AvgIpc) is 2.33. The van der Waals surface area contributed by atoms with Crippen molar-refractivity contribution in [3.8, 4) is 0 Å². The third kappa shape index (κ3) is 5.09. The molecule has 2 nitrogen and oxygen atoms in total. The summed E-state index contributed by atoms with van der Waals surface area (Å²) in [7, 11) is 0. The predicted molar refractivity (Wildman–Crippen MR) is 77.8 cm³/mol. The van der Waals surface area contributed by atoms with E-state index in [-0.39, 0.29) is 5.54 Å². The molecule has 1 aliphatic heterocycles. The molecule has 0 atom stereocenters. The molecule has 0 aliphatic carbocycles. The highest BCUT2D eigenvalue weighted by Gasteiger charge is 2.29. The minimum Gasteiger partial charge on any atom is -0.299 e. The Morgan fingerprint density at radius 1 is 1.11 bits per heavy atom. The summed E-state index contributed by atoms with van der Waals surface area (Å²) in [6.07, 6.45) is 7.82. The second-order valence-corrected chi connectivity index (χ2v) is 6.71. The van der Waals surface area contributed by atoms with Crippen molar-refractivity contribution in [3.05, 3.63) is 0 Å². The summed E-state index contributed by atoms with van der Waals surface area (Å²) >= 11 is 0. The highest BCUT2D eigenvalue weighted by Crippen LogP contribution is 2.25. The summed E-state index contributed by atoms with van der Waals surface area (Å²) in [6, 6.07) is 0. The van der Waals surface area contributed by atoms with Crippen LogP contribution in [0.3, 0.4) is 0 Å². The number of carbonyl (C=O) groups is 1. The number of rotatable bonds is 6. The Labute approximate surface area is 113 Å². The third-order valence-electron chi connectivity index (χ3n) is 4.18. The fourth-order valence-electron chi connectivity index (χ4n) is 2.80. The topological polar surface area (TPSA) is 20.3 Å². The molecule has 0 unspecified atom stereocenters. The molecule has 0 saturated carbocycles. The number of piperidine rings is 1. The number of nitrogens with zero attached hydrogens (tertiary/aromatic N) is 1. The molecule has 0 N–H and O–H groups in total. The number of Topliss-reactive ketones (excluding diaryl/α,β-unsaturated/α-hetero) is 1. The Morgan fingerprint density at radius 2 is 1.72 bits per heavy atom. The smallest absolute Gasteiger partial charge is 0.136 e. The maximum absolute atomic E-state index is 12.1.